The number of hydrogen-bond donors (Lipinski definition) is 2. The first-order valence-electron chi connectivity index (χ1n) is 11.2. The highest BCUT2D eigenvalue weighted by Gasteiger charge is 2.34. The van der Waals surface area contributed by atoms with Crippen molar-refractivity contribution in [3.8, 4) is 11.5 Å². The van der Waals surface area contributed by atoms with E-state index < -0.39 is 23.6 Å². The molecule has 2 N–H and O–H groups in total. The number of rotatable bonds is 6. The van der Waals surface area contributed by atoms with Crippen LogP contribution in [0.1, 0.15) is 11.1 Å². The number of carbonyl (C=O) groups excluding carboxylic acids is 1. The number of aromatic nitrogens is 1. The first-order valence-corrected chi connectivity index (χ1v) is 11.2. The first-order chi connectivity index (χ1) is 17.2. The van der Waals surface area contributed by atoms with Gasteiger partial charge in [-0.15, -0.1) is 0 Å². The number of nitrogens with one attached hydrogen (secondary N) is 2. The summed E-state index contributed by atoms with van der Waals surface area (Å²) in [4.78, 5) is 20.3. The number of likely N-dealkylation sites (N-methyl/N-ethyl adjacent to an activating group) is 1. The molecule has 0 radical (unpaired) electrons. The molecule has 0 saturated carbocycles. The van der Waals surface area contributed by atoms with Crippen molar-refractivity contribution in [3.05, 3.63) is 77.9 Å². The fraction of sp³-hybridized carbons (Fsp3) is 0.280. The van der Waals surface area contributed by atoms with Gasteiger partial charge >= 0.3 is 12.2 Å². The summed E-state index contributed by atoms with van der Waals surface area (Å²) in [6.07, 6.45) is -1.54. The fourth-order valence-corrected chi connectivity index (χ4v) is 3.79. The molecule has 0 spiro atoms. The van der Waals surface area contributed by atoms with Crippen LogP contribution in [0.5, 0.6) is 11.5 Å². The largest absolute Gasteiger partial charge is 0.457 e. The van der Waals surface area contributed by atoms with Crippen LogP contribution in [-0.4, -0.2) is 54.0 Å². The lowest BCUT2D eigenvalue weighted by molar-refractivity contribution is -0.138. The molecule has 3 aromatic rings. The molecule has 36 heavy (non-hydrogen) atoms. The van der Waals surface area contributed by atoms with Crippen LogP contribution in [0.25, 0.3) is 0 Å². The van der Waals surface area contributed by atoms with Crippen molar-refractivity contribution in [2.75, 3.05) is 43.9 Å². The summed E-state index contributed by atoms with van der Waals surface area (Å²) in [5, 5.41) is 4.65. The minimum absolute atomic E-state index is 0.0556. The molecule has 1 aliphatic heterocycles. The molecule has 7 nitrogen and oxygen atoms in total. The van der Waals surface area contributed by atoms with Crippen molar-refractivity contribution in [3.63, 3.8) is 0 Å². The highest BCUT2D eigenvalue weighted by Crippen LogP contribution is 2.35. The zero-order chi connectivity index (χ0) is 25.7. The molecular weight excluding hydrogens is 478 g/mol. The Kier molecular flexibility index (Phi) is 7.70. The minimum atomic E-state index is -4.59. The molecule has 0 unspecified atom stereocenters. The van der Waals surface area contributed by atoms with E-state index in [1.165, 1.54) is 36.7 Å². The van der Waals surface area contributed by atoms with Gasteiger partial charge in [0.1, 0.15) is 17.3 Å². The SMILES string of the molecule is CN1CCN(Cc2ccc(NC(=O)Nc3ccc(Oc4ccncc4)cc3F)cc2C(F)(F)F)CC1. The van der Waals surface area contributed by atoms with Crippen LogP contribution in [-0.2, 0) is 12.7 Å². The van der Waals surface area contributed by atoms with Crippen molar-refractivity contribution in [2.24, 2.45) is 0 Å². The molecule has 1 aliphatic rings. The van der Waals surface area contributed by atoms with Gasteiger partial charge in [-0.25, -0.2) is 9.18 Å². The lowest BCUT2D eigenvalue weighted by Crippen LogP contribution is -2.44. The Labute approximate surface area is 205 Å². The monoisotopic (exact) mass is 503 g/mol. The van der Waals surface area contributed by atoms with Gasteiger partial charge in [0.2, 0.25) is 0 Å². The number of halogens is 4. The van der Waals surface area contributed by atoms with E-state index in [4.69, 9.17) is 4.74 Å². The van der Waals surface area contributed by atoms with Crippen LogP contribution in [0.3, 0.4) is 0 Å². The molecule has 11 heteroatoms. The van der Waals surface area contributed by atoms with Gasteiger partial charge in [-0.1, -0.05) is 6.07 Å². The van der Waals surface area contributed by atoms with Crippen LogP contribution < -0.4 is 15.4 Å². The third-order valence-corrected chi connectivity index (χ3v) is 5.74. The molecule has 2 heterocycles. The van der Waals surface area contributed by atoms with Gasteiger partial charge in [0.05, 0.1) is 11.3 Å². The maximum Gasteiger partial charge on any atom is 0.416 e. The molecule has 4 rings (SSSR count). The van der Waals surface area contributed by atoms with Crippen LogP contribution in [0.4, 0.5) is 33.7 Å². The normalized spacial score (nSPS) is 14.9. The molecule has 1 aromatic heterocycles. The molecule has 1 fully saturated rings. The number of ether oxygens (including phenoxy) is 1. The Morgan fingerprint density at radius 2 is 1.69 bits per heavy atom. The topological polar surface area (TPSA) is 69.7 Å². The van der Waals surface area contributed by atoms with Crippen LogP contribution >= 0.6 is 0 Å². The number of piperazine rings is 1. The summed E-state index contributed by atoms with van der Waals surface area (Å²) in [5.41, 5.74) is -0.894. The van der Waals surface area contributed by atoms with Gasteiger partial charge in [-0.3, -0.25) is 9.88 Å². The second-order valence-electron chi connectivity index (χ2n) is 8.45. The average molecular weight is 504 g/mol. The summed E-state index contributed by atoms with van der Waals surface area (Å²) in [7, 11) is 1.97. The highest BCUT2D eigenvalue weighted by molar-refractivity contribution is 5.99. The van der Waals surface area contributed by atoms with E-state index in [9.17, 15) is 22.4 Å². The van der Waals surface area contributed by atoms with E-state index in [1.807, 2.05) is 11.9 Å². The Bertz CT molecular complexity index is 1200. The maximum absolute atomic E-state index is 14.5. The number of hydrogen-bond acceptors (Lipinski definition) is 5. The zero-order valence-electron chi connectivity index (χ0n) is 19.5. The number of benzene rings is 2. The summed E-state index contributed by atoms with van der Waals surface area (Å²) in [6, 6.07) is 9.83. The van der Waals surface area contributed by atoms with Crippen LogP contribution in [0.2, 0.25) is 0 Å². The van der Waals surface area contributed by atoms with E-state index in [1.54, 1.807) is 12.1 Å². The molecule has 2 aromatic carbocycles. The molecule has 2 amide bonds. The number of pyridine rings is 1. The third-order valence-electron chi connectivity index (χ3n) is 5.74. The number of carbonyl (C=O) groups is 1. The average Bonchev–Trinajstić information content (AvgIpc) is 2.83. The van der Waals surface area contributed by atoms with E-state index in [0.29, 0.717) is 18.8 Å². The van der Waals surface area contributed by atoms with Gasteiger partial charge in [0.25, 0.3) is 0 Å². The Morgan fingerprint density at radius 3 is 2.36 bits per heavy atom. The molecule has 0 bridgehead atoms. The fourth-order valence-electron chi connectivity index (χ4n) is 3.79. The second kappa shape index (κ2) is 10.9. The van der Waals surface area contributed by atoms with E-state index in [-0.39, 0.29) is 29.2 Å². The molecule has 190 valence electrons. The number of urea groups is 1. The van der Waals surface area contributed by atoms with Crippen molar-refractivity contribution in [1.82, 2.24) is 14.8 Å². The van der Waals surface area contributed by atoms with Gasteiger partial charge in [-0.2, -0.15) is 13.2 Å². The van der Waals surface area contributed by atoms with Crippen LogP contribution in [0.15, 0.2) is 60.9 Å². The van der Waals surface area contributed by atoms with Gasteiger partial charge in [0, 0.05) is 56.9 Å². The predicted molar refractivity (Wildman–Crippen MR) is 128 cm³/mol. The van der Waals surface area contributed by atoms with Crippen molar-refractivity contribution in [2.45, 2.75) is 12.7 Å². The Morgan fingerprint density at radius 1 is 0.972 bits per heavy atom. The summed E-state index contributed by atoms with van der Waals surface area (Å²) in [5.74, 6) is -0.106. The lowest BCUT2D eigenvalue weighted by Gasteiger charge is -2.33. The van der Waals surface area contributed by atoms with Crippen molar-refractivity contribution >= 4 is 17.4 Å². The van der Waals surface area contributed by atoms with E-state index in [2.05, 4.69) is 20.5 Å². The number of amides is 2. The quantitative estimate of drug-likeness (QED) is 0.440. The van der Waals surface area contributed by atoms with E-state index in [0.717, 1.165) is 25.2 Å². The van der Waals surface area contributed by atoms with Gasteiger partial charge in [-0.05, 0) is 49.0 Å². The summed E-state index contributed by atoms with van der Waals surface area (Å²) in [6.45, 7) is 3.08. The van der Waals surface area contributed by atoms with E-state index >= 15 is 0 Å². The summed E-state index contributed by atoms with van der Waals surface area (Å²) < 4.78 is 61.3. The molecule has 0 atom stereocenters. The van der Waals surface area contributed by atoms with Crippen molar-refractivity contribution in [1.29, 1.82) is 0 Å². The first kappa shape index (κ1) is 25.4. The number of alkyl halides is 3. The third kappa shape index (κ3) is 6.70. The van der Waals surface area contributed by atoms with Gasteiger partial charge < -0.3 is 20.3 Å². The smallest absolute Gasteiger partial charge is 0.416 e. The Hall–Kier alpha value is -3.70. The predicted octanol–water partition coefficient (Wildman–Crippen LogP) is 5.42. The molecule has 0 aliphatic carbocycles. The number of nitrogens with zero attached hydrogens (tertiary/aromatic N) is 3. The standard InChI is InChI=1S/C25H25F4N5O2/c1-33-10-12-34(13-11-33)16-17-2-3-18(14-21(17)25(27,28)29)31-24(35)32-23-5-4-20(15-22(23)26)36-19-6-8-30-9-7-19/h2-9,14-15H,10-13,16H2,1H3,(H2,31,32,35). The highest BCUT2D eigenvalue weighted by atomic mass is 19.4. The van der Waals surface area contributed by atoms with Gasteiger partial charge in [0.15, 0.2) is 0 Å². The van der Waals surface area contributed by atoms with Crippen molar-refractivity contribution < 1.29 is 27.1 Å². The number of anilines is 2. The minimum Gasteiger partial charge on any atom is -0.457 e. The zero-order valence-corrected chi connectivity index (χ0v) is 19.5. The maximum atomic E-state index is 14.5. The molecule has 1 saturated heterocycles. The van der Waals surface area contributed by atoms with Crippen LogP contribution in [0, 0.1) is 5.82 Å². The molecular formula is C25H25F4N5O2. The second-order valence-corrected chi connectivity index (χ2v) is 8.45. The Balaban J connectivity index is 1.42. The lowest BCUT2D eigenvalue weighted by atomic mass is 10.0. The summed E-state index contributed by atoms with van der Waals surface area (Å²) >= 11 is 0.